The molecule has 1 heterocycles. The fraction of sp³-hybridized carbons (Fsp3) is 0.562. The van der Waals surface area contributed by atoms with E-state index in [9.17, 15) is 0 Å². The summed E-state index contributed by atoms with van der Waals surface area (Å²) in [5.74, 6) is 0. The summed E-state index contributed by atoms with van der Waals surface area (Å²) in [5, 5.41) is 3.57. The van der Waals surface area contributed by atoms with Crippen molar-refractivity contribution < 1.29 is 0 Å². The van der Waals surface area contributed by atoms with Crippen LogP contribution in [0.3, 0.4) is 0 Å². The number of hydrogen-bond acceptors (Lipinski definition) is 2. The number of hydrogen-bond donors (Lipinski definition) is 1. The normalized spacial score (nSPS) is 23.3. The topological polar surface area (TPSA) is 29.9 Å². The van der Waals surface area contributed by atoms with E-state index in [0.29, 0.717) is 12.1 Å². The molecule has 1 aliphatic carbocycles. The molecule has 2 unspecified atom stereocenters. The smallest absolute Gasteiger partial charge is 0.0960 e. The number of fused-ring (bicyclic) bond motifs is 1. The minimum Gasteiger partial charge on any atom is -0.327 e. The molecular formula is C16H23N3. The van der Waals surface area contributed by atoms with Crippen molar-refractivity contribution in [3.8, 4) is 0 Å². The molecule has 3 heteroatoms. The van der Waals surface area contributed by atoms with Gasteiger partial charge in [0.25, 0.3) is 0 Å². The first-order chi connectivity index (χ1) is 9.19. The molecule has 0 radical (unpaired) electrons. The Morgan fingerprint density at radius 1 is 1.26 bits per heavy atom. The largest absolute Gasteiger partial charge is 0.327 e. The van der Waals surface area contributed by atoms with E-state index < -0.39 is 0 Å². The average molecular weight is 257 g/mol. The standard InChI is InChI=1S/C16H23N3/c1-4-17-13-5-6-14(9-13)19-10-18-15-7-11(2)12(3)8-16(15)19/h7-8,10,13-14,17H,4-6,9H2,1-3H3. The van der Waals surface area contributed by atoms with Gasteiger partial charge in [-0.3, -0.25) is 0 Å². The molecule has 0 bridgehead atoms. The molecule has 1 saturated carbocycles. The molecule has 2 aromatic rings. The van der Waals surface area contributed by atoms with Crippen molar-refractivity contribution in [1.29, 1.82) is 0 Å². The van der Waals surface area contributed by atoms with Crippen LogP contribution in [0.1, 0.15) is 43.4 Å². The third kappa shape index (κ3) is 2.27. The van der Waals surface area contributed by atoms with E-state index in [0.717, 1.165) is 12.1 Å². The van der Waals surface area contributed by atoms with E-state index in [1.54, 1.807) is 0 Å². The summed E-state index contributed by atoms with van der Waals surface area (Å²) in [7, 11) is 0. The minimum atomic E-state index is 0.608. The van der Waals surface area contributed by atoms with E-state index >= 15 is 0 Å². The molecule has 102 valence electrons. The molecule has 19 heavy (non-hydrogen) atoms. The molecule has 3 rings (SSSR count). The summed E-state index contributed by atoms with van der Waals surface area (Å²) in [6.07, 6.45) is 5.80. The van der Waals surface area contributed by atoms with Gasteiger partial charge in [0.1, 0.15) is 0 Å². The minimum absolute atomic E-state index is 0.608. The second-order valence-corrected chi connectivity index (χ2v) is 5.80. The Bertz CT molecular complexity index is 585. The highest BCUT2D eigenvalue weighted by Gasteiger charge is 2.26. The summed E-state index contributed by atoms with van der Waals surface area (Å²) < 4.78 is 2.39. The average Bonchev–Trinajstić information content (AvgIpc) is 2.97. The van der Waals surface area contributed by atoms with E-state index in [1.807, 2.05) is 6.33 Å². The number of aryl methyl sites for hydroxylation is 2. The predicted octanol–water partition coefficient (Wildman–Crippen LogP) is 3.36. The lowest BCUT2D eigenvalue weighted by atomic mass is 10.1. The molecule has 1 aliphatic rings. The Kier molecular flexibility index (Phi) is 3.31. The summed E-state index contributed by atoms with van der Waals surface area (Å²) in [6, 6.07) is 5.78. The molecular weight excluding hydrogens is 234 g/mol. The van der Waals surface area contributed by atoms with Crippen molar-refractivity contribution in [1.82, 2.24) is 14.9 Å². The Hall–Kier alpha value is -1.35. The number of aromatic nitrogens is 2. The van der Waals surface area contributed by atoms with Gasteiger partial charge in [0.05, 0.1) is 17.4 Å². The van der Waals surface area contributed by atoms with E-state index in [1.165, 1.54) is 35.9 Å². The van der Waals surface area contributed by atoms with Gasteiger partial charge >= 0.3 is 0 Å². The molecule has 0 spiro atoms. The van der Waals surface area contributed by atoms with Crippen LogP contribution in [0.4, 0.5) is 0 Å². The molecule has 1 N–H and O–H groups in total. The van der Waals surface area contributed by atoms with Gasteiger partial charge in [0.2, 0.25) is 0 Å². The monoisotopic (exact) mass is 257 g/mol. The fourth-order valence-corrected chi connectivity index (χ4v) is 3.26. The molecule has 0 saturated heterocycles. The van der Waals surface area contributed by atoms with Crippen molar-refractivity contribution in [2.75, 3.05) is 6.54 Å². The number of nitrogens with one attached hydrogen (secondary N) is 1. The number of imidazole rings is 1. The molecule has 1 aromatic heterocycles. The van der Waals surface area contributed by atoms with Gasteiger partial charge < -0.3 is 9.88 Å². The highest BCUT2D eigenvalue weighted by molar-refractivity contribution is 5.77. The summed E-state index contributed by atoms with van der Waals surface area (Å²) in [6.45, 7) is 7.60. The van der Waals surface area contributed by atoms with Crippen LogP contribution < -0.4 is 5.32 Å². The molecule has 0 amide bonds. The second kappa shape index (κ2) is 4.97. The molecule has 3 nitrogen and oxygen atoms in total. The second-order valence-electron chi connectivity index (χ2n) is 5.80. The maximum atomic E-state index is 4.58. The zero-order chi connectivity index (χ0) is 13.4. The van der Waals surface area contributed by atoms with Gasteiger partial charge in [-0.1, -0.05) is 6.92 Å². The van der Waals surface area contributed by atoms with Crippen molar-refractivity contribution in [2.45, 2.75) is 52.1 Å². The first-order valence-corrected chi connectivity index (χ1v) is 7.36. The highest BCUT2D eigenvalue weighted by atomic mass is 15.1. The number of nitrogens with zero attached hydrogens (tertiary/aromatic N) is 2. The van der Waals surface area contributed by atoms with Gasteiger partial charge in [-0.05, 0) is 62.9 Å². The van der Waals surface area contributed by atoms with Gasteiger partial charge in [0.15, 0.2) is 0 Å². The molecule has 0 aliphatic heterocycles. The first-order valence-electron chi connectivity index (χ1n) is 7.36. The van der Waals surface area contributed by atoms with Gasteiger partial charge in [0, 0.05) is 12.1 Å². The number of rotatable bonds is 3. The lowest BCUT2D eigenvalue weighted by molar-refractivity contribution is 0.489. The Morgan fingerprint density at radius 3 is 2.84 bits per heavy atom. The van der Waals surface area contributed by atoms with Crippen molar-refractivity contribution >= 4 is 11.0 Å². The Labute approximate surface area is 115 Å². The maximum absolute atomic E-state index is 4.58. The third-order valence-corrected chi connectivity index (χ3v) is 4.48. The van der Waals surface area contributed by atoms with Crippen LogP contribution in [-0.4, -0.2) is 22.1 Å². The van der Waals surface area contributed by atoms with Crippen LogP contribution in [0.2, 0.25) is 0 Å². The van der Waals surface area contributed by atoms with Crippen molar-refractivity contribution in [2.24, 2.45) is 0 Å². The van der Waals surface area contributed by atoms with Crippen LogP contribution in [0.5, 0.6) is 0 Å². The van der Waals surface area contributed by atoms with E-state index in [2.05, 4.69) is 47.8 Å². The fourth-order valence-electron chi connectivity index (χ4n) is 3.26. The summed E-state index contributed by atoms with van der Waals surface area (Å²) >= 11 is 0. The highest BCUT2D eigenvalue weighted by Crippen LogP contribution is 2.33. The zero-order valence-electron chi connectivity index (χ0n) is 12.1. The lowest BCUT2D eigenvalue weighted by Crippen LogP contribution is -2.26. The maximum Gasteiger partial charge on any atom is 0.0960 e. The van der Waals surface area contributed by atoms with Crippen LogP contribution in [0.25, 0.3) is 11.0 Å². The van der Waals surface area contributed by atoms with E-state index in [-0.39, 0.29) is 0 Å². The summed E-state index contributed by atoms with van der Waals surface area (Å²) in [5.41, 5.74) is 5.12. The SMILES string of the molecule is CCNC1CCC(n2cnc3cc(C)c(C)cc32)C1. The van der Waals surface area contributed by atoms with Crippen LogP contribution >= 0.6 is 0 Å². The molecule has 2 atom stereocenters. The van der Waals surface area contributed by atoms with Crippen LogP contribution in [0.15, 0.2) is 18.5 Å². The van der Waals surface area contributed by atoms with Crippen LogP contribution in [-0.2, 0) is 0 Å². The Balaban J connectivity index is 1.91. The van der Waals surface area contributed by atoms with Crippen molar-refractivity contribution in [3.63, 3.8) is 0 Å². The van der Waals surface area contributed by atoms with Gasteiger partial charge in [-0.25, -0.2) is 4.98 Å². The quantitative estimate of drug-likeness (QED) is 0.913. The number of benzene rings is 1. The Morgan fingerprint density at radius 2 is 2.05 bits per heavy atom. The van der Waals surface area contributed by atoms with Crippen molar-refractivity contribution in [3.05, 3.63) is 29.6 Å². The van der Waals surface area contributed by atoms with E-state index in [4.69, 9.17) is 0 Å². The predicted molar refractivity (Wildman–Crippen MR) is 79.6 cm³/mol. The molecule has 1 fully saturated rings. The molecule has 1 aromatic carbocycles. The lowest BCUT2D eigenvalue weighted by Gasteiger charge is -2.15. The summed E-state index contributed by atoms with van der Waals surface area (Å²) in [4.78, 5) is 4.58. The first kappa shape index (κ1) is 12.7. The van der Waals surface area contributed by atoms with Crippen LogP contribution in [0, 0.1) is 13.8 Å². The van der Waals surface area contributed by atoms with Gasteiger partial charge in [-0.2, -0.15) is 0 Å². The van der Waals surface area contributed by atoms with Gasteiger partial charge in [-0.15, -0.1) is 0 Å². The zero-order valence-corrected chi connectivity index (χ0v) is 12.1. The third-order valence-electron chi connectivity index (χ3n) is 4.48.